The van der Waals surface area contributed by atoms with E-state index in [4.69, 9.17) is 0 Å². The van der Waals surface area contributed by atoms with Gasteiger partial charge in [-0.05, 0) is 18.2 Å². The van der Waals surface area contributed by atoms with E-state index in [-0.39, 0.29) is 30.7 Å². The zero-order chi connectivity index (χ0) is 12.3. The monoisotopic (exact) mass is 305 g/mol. The second-order valence-electron chi connectivity index (χ2n) is 4.49. The smallest absolute Gasteiger partial charge is 0.253 e. The molecule has 0 radical (unpaired) electrons. The van der Waals surface area contributed by atoms with Gasteiger partial charge in [0.1, 0.15) is 0 Å². The molecular formula is C13H21Cl2N3O. The lowest BCUT2D eigenvalue weighted by atomic mass is 10.1. The minimum atomic E-state index is 0. The predicted octanol–water partition coefficient (Wildman–Crippen LogP) is 1.64. The molecule has 1 N–H and O–H groups in total. The van der Waals surface area contributed by atoms with E-state index in [2.05, 4.69) is 16.3 Å². The molecule has 1 saturated heterocycles. The third-order valence-corrected chi connectivity index (χ3v) is 2.98. The van der Waals surface area contributed by atoms with Crippen LogP contribution in [0.25, 0.3) is 0 Å². The summed E-state index contributed by atoms with van der Waals surface area (Å²) in [5, 5.41) is 3.32. The van der Waals surface area contributed by atoms with E-state index in [1.165, 1.54) is 0 Å². The van der Waals surface area contributed by atoms with Gasteiger partial charge in [-0.25, -0.2) is 0 Å². The molecule has 4 nitrogen and oxygen atoms in total. The van der Waals surface area contributed by atoms with Gasteiger partial charge >= 0.3 is 0 Å². The number of piperazine rings is 1. The predicted molar refractivity (Wildman–Crippen MR) is 84.0 cm³/mol. The third kappa shape index (κ3) is 4.56. The van der Waals surface area contributed by atoms with Crippen LogP contribution < -0.4 is 10.2 Å². The highest BCUT2D eigenvalue weighted by Crippen LogP contribution is 2.17. The van der Waals surface area contributed by atoms with E-state index in [9.17, 15) is 4.79 Å². The van der Waals surface area contributed by atoms with Gasteiger partial charge in [-0.3, -0.25) is 4.79 Å². The van der Waals surface area contributed by atoms with Crippen molar-refractivity contribution in [3.8, 4) is 0 Å². The average Bonchev–Trinajstić information content (AvgIpc) is 2.39. The lowest BCUT2D eigenvalue weighted by Gasteiger charge is -2.29. The fraction of sp³-hybridized carbons (Fsp3) is 0.462. The maximum absolute atomic E-state index is 11.9. The molecule has 1 aromatic carbocycles. The van der Waals surface area contributed by atoms with Crippen LogP contribution in [0, 0.1) is 0 Å². The fourth-order valence-electron chi connectivity index (χ4n) is 2.02. The number of benzene rings is 1. The average molecular weight is 306 g/mol. The van der Waals surface area contributed by atoms with Crippen molar-refractivity contribution in [2.75, 3.05) is 45.2 Å². The molecule has 0 bridgehead atoms. The number of anilines is 1. The quantitative estimate of drug-likeness (QED) is 0.902. The summed E-state index contributed by atoms with van der Waals surface area (Å²) in [5.41, 5.74) is 1.89. The summed E-state index contributed by atoms with van der Waals surface area (Å²) in [6.07, 6.45) is 0. The highest BCUT2D eigenvalue weighted by molar-refractivity contribution is 5.94. The molecule has 19 heavy (non-hydrogen) atoms. The Morgan fingerprint density at radius 2 is 1.84 bits per heavy atom. The van der Waals surface area contributed by atoms with Gasteiger partial charge in [0.25, 0.3) is 5.91 Å². The molecule has 1 amide bonds. The molecule has 0 aliphatic carbocycles. The number of carbonyl (C=O) groups is 1. The summed E-state index contributed by atoms with van der Waals surface area (Å²) in [7, 11) is 3.56. The van der Waals surface area contributed by atoms with E-state index in [1.54, 1.807) is 19.0 Å². The van der Waals surface area contributed by atoms with Crippen molar-refractivity contribution in [3.05, 3.63) is 29.8 Å². The summed E-state index contributed by atoms with van der Waals surface area (Å²) in [5.74, 6) is 0.0574. The molecule has 0 atom stereocenters. The molecule has 1 aromatic rings. The minimum Gasteiger partial charge on any atom is -0.369 e. The summed E-state index contributed by atoms with van der Waals surface area (Å²) in [6, 6.07) is 7.87. The molecule has 2 rings (SSSR count). The van der Waals surface area contributed by atoms with E-state index < -0.39 is 0 Å². The number of hydrogen-bond donors (Lipinski definition) is 1. The van der Waals surface area contributed by atoms with Gasteiger partial charge < -0.3 is 15.1 Å². The second-order valence-corrected chi connectivity index (χ2v) is 4.49. The molecule has 108 valence electrons. The van der Waals surface area contributed by atoms with Crippen LogP contribution in [-0.4, -0.2) is 51.1 Å². The molecule has 0 saturated carbocycles. The van der Waals surface area contributed by atoms with Crippen LogP contribution in [-0.2, 0) is 0 Å². The Balaban J connectivity index is 0.00000162. The molecule has 6 heteroatoms. The largest absolute Gasteiger partial charge is 0.369 e. The van der Waals surface area contributed by atoms with Crippen molar-refractivity contribution in [3.63, 3.8) is 0 Å². The lowest BCUT2D eigenvalue weighted by molar-refractivity contribution is 0.0827. The van der Waals surface area contributed by atoms with E-state index in [1.807, 2.05) is 18.2 Å². The molecule has 0 aromatic heterocycles. The van der Waals surface area contributed by atoms with Crippen molar-refractivity contribution in [2.45, 2.75) is 0 Å². The Bertz CT molecular complexity index is 407. The van der Waals surface area contributed by atoms with E-state index in [0.717, 1.165) is 37.4 Å². The topological polar surface area (TPSA) is 35.6 Å². The van der Waals surface area contributed by atoms with Crippen LogP contribution in [0.15, 0.2) is 24.3 Å². The number of nitrogens with zero attached hydrogens (tertiary/aromatic N) is 2. The molecule has 1 fully saturated rings. The second kappa shape index (κ2) is 8.25. The van der Waals surface area contributed by atoms with Gasteiger partial charge in [0.15, 0.2) is 0 Å². The van der Waals surface area contributed by atoms with Crippen molar-refractivity contribution in [1.29, 1.82) is 0 Å². The SMILES string of the molecule is CN(C)C(=O)c1cccc(N2CCNCC2)c1.Cl.Cl. The molecule has 0 spiro atoms. The highest BCUT2D eigenvalue weighted by atomic mass is 35.5. The standard InChI is InChI=1S/C13H19N3O.2ClH/c1-15(2)13(17)11-4-3-5-12(10-11)16-8-6-14-7-9-16;;/h3-5,10,14H,6-9H2,1-2H3;2*1H. The van der Waals surface area contributed by atoms with Crippen LogP contribution in [0.5, 0.6) is 0 Å². The van der Waals surface area contributed by atoms with Gasteiger partial charge in [0.2, 0.25) is 0 Å². The first-order valence-electron chi connectivity index (χ1n) is 5.96. The van der Waals surface area contributed by atoms with Gasteiger partial charge in [-0.15, -0.1) is 24.8 Å². The molecule has 1 aliphatic heterocycles. The first kappa shape index (κ1) is 18.0. The third-order valence-electron chi connectivity index (χ3n) is 2.98. The van der Waals surface area contributed by atoms with Crippen LogP contribution in [0.2, 0.25) is 0 Å². The zero-order valence-corrected chi connectivity index (χ0v) is 12.9. The van der Waals surface area contributed by atoms with Crippen molar-refractivity contribution in [1.82, 2.24) is 10.2 Å². The molecule has 0 unspecified atom stereocenters. The molecule has 1 heterocycles. The van der Waals surface area contributed by atoms with Crippen molar-refractivity contribution in [2.24, 2.45) is 0 Å². The summed E-state index contributed by atoms with van der Waals surface area (Å²) in [6.45, 7) is 4.01. The van der Waals surface area contributed by atoms with E-state index >= 15 is 0 Å². The van der Waals surface area contributed by atoms with Crippen LogP contribution in [0.4, 0.5) is 5.69 Å². The van der Waals surface area contributed by atoms with Crippen LogP contribution >= 0.6 is 24.8 Å². The number of halogens is 2. The maximum Gasteiger partial charge on any atom is 0.253 e. The van der Waals surface area contributed by atoms with Gasteiger partial charge in [0.05, 0.1) is 0 Å². The number of carbonyl (C=O) groups excluding carboxylic acids is 1. The fourth-order valence-corrected chi connectivity index (χ4v) is 2.02. The van der Waals surface area contributed by atoms with Gasteiger partial charge in [-0.2, -0.15) is 0 Å². The Morgan fingerprint density at radius 1 is 1.21 bits per heavy atom. The lowest BCUT2D eigenvalue weighted by Crippen LogP contribution is -2.43. The Morgan fingerprint density at radius 3 is 2.42 bits per heavy atom. The number of hydrogen-bond acceptors (Lipinski definition) is 3. The zero-order valence-electron chi connectivity index (χ0n) is 11.3. The Hall–Kier alpha value is -0.970. The molecule has 1 aliphatic rings. The number of amides is 1. The van der Waals surface area contributed by atoms with Crippen molar-refractivity contribution < 1.29 is 4.79 Å². The number of nitrogens with one attached hydrogen (secondary N) is 1. The minimum absolute atomic E-state index is 0. The summed E-state index contributed by atoms with van der Waals surface area (Å²) >= 11 is 0. The normalized spacial score (nSPS) is 14.1. The summed E-state index contributed by atoms with van der Waals surface area (Å²) in [4.78, 5) is 15.8. The van der Waals surface area contributed by atoms with Crippen molar-refractivity contribution >= 4 is 36.4 Å². The molecular weight excluding hydrogens is 285 g/mol. The highest BCUT2D eigenvalue weighted by Gasteiger charge is 2.13. The van der Waals surface area contributed by atoms with Crippen LogP contribution in [0.1, 0.15) is 10.4 Å². The van der Waals surface area contributed by atoms with Gasteiger partial charge in [0, 0.05) is 51.5 Å². The first-order chi connectivity index (χ1) is 8.18. The summed E-state index contributed by atoms with van der Waals surface area (Å²) < 4.78 is 0. The van der Waals surface area contributed by atoms with E-state index in [0.29, 0.717) is 0 Å². The Labute approximate surface area is 127 Å². The maximum atomic E-state index is 11.9. The Kier molecular flexibility index (Phi) is 7.83. The number of rotatable bonds is 2. The van der Waals surface area contributed by atoms with Crippen LogP contribution in [0.3, 0.4) is 0 Å². The van der Waals surface area contributed by atoms with Gasteiger partial charge in [-0.1, -0.05) is 6.07 Å². The first-order valence-corrected chi connectivity index (χ1v) is 5.96.